The average molecular weight is 200 g/mol. The number of hydrogen-bond acceptors (Lipinski definition) is 3. The van der Waals surface area contributed by atoms with Gasteiger partial charge in [0.2, 0.25) is 0 Å². The van der Waals surface area contributed by atoms with Crippen LogP contribution >= 0.6 is 0 Å². The van der Waals surface area contributed by atoms with Crippen molar-refractivity contribution >= 4 is 0 Å². The van der Waals surface area contributed by atoms with E-state index in [2.05, 4.69) is 18.7 Å². The molecular formula is C11H24N2O. The first-order valence-corrected chi connectivity index (χ1v) is 5.63. The van der Waals surface area contributed by atoms with Crippen molar-refractivity contribution in [3.05, 3.63) is 0 Å². The maximum Gasteiger partial charge on any atom is 0.0626 e. The third-order valence-corrected chi connectivity index (χ3v) is 3.35. The second-order valence-electron chi connectivity index (χ2n) is 4.57. The van der Waals surface area contributed by atoms with Crippen LogP contribution in [0.2, 0.25) is 0 Å². The number of nitrogens with two attached hydrogens (primary N) is 1. The highest BCUT2D eigenvalue weighted by atomic mass is 16.5. The minimum atomic E-state index is 0.160. The Hall–Kier alpha value is -0.120. The molecule has 1 heterocycles. The molecule has 1 saturated heterocycles. The predicted octanol–water partition coefficient (Wildman–Crippen LogP) is 1.08. The van der Waals surface area contributed by atoms with Crippen LogP contribution in [0.3, 0.4) is 0 Å². The number of rotatable bonds is 4. The summed E-state index contributed by atoms with van der Waals surface area (Å²) in [6, 6.07) is 0.833. The van der Waals surface area contributed by atoms with Crippen LogP contribution in [0.25, 0.3) is 0 Å². The van der Waals surface area contributed by atoms with Crippen LogP contribution in [0, 0.1) is 5.92 Å². The van der Waals surface area contributed by atoms with Gasteiger partial charge >= 0.3 is 0 Å². The van der Waals surface area contributed by atoms with Crippen LogP contribution in [-0.2, 0) is 4.74 Å². The number of ether oxygens (including phenoxy) is 1. The molecule has 0 aromatic carbocycles. The Morgan fingerprint density at radius 1 is 1.50 bits per heavy atom. The molecule has 0 radical (unpaired) electrons. The highest BCUT2D eigenvalue weighted by molar-refractivity contribution is 4.81. The van der Waals surface area contributed by atoms with E-state index in [1.54, 1.807) is 7.11 Å². The van der Waals surface area contributed by atoms with Crippen molar-refractivity contribution in [2.75, 3.05) is 26.8 Å². The van der Waals surface area contributed by atoms with Gasteiger partial charge in [-0.05, 0) is 32.2 Å². The summed E-state index contributed by atoms with van der Waals surface area (Å²) in [4.78, 5) is 2.50. The number of likely N-dealkylation sites (tertiary alicyclic amines) is 1. The van der Waals surface area contributed by atoms with E-state index in [1.807, 2.05) is 0 Å². The first-order valence-electron chi connectivity index (χ1n) is 5.63. The SMILES string of the molecule is COCC(N)CN1CCCC(C)C1C. The number of hydrogen-bond donors (Lipinski definition) is 1. The molecule has 0 bridgehead atoms. The van der Waals surface area contributed by atoms with Crippen LogP contribution in [0.4, 0.5) is 0 Å². The Labute approximate surface area is 87.6 Å². The van der Waals surface area contributed by atoms with Gasteiger partial charge in [0.25, 0.3) is 0 Å². The molecule has 0 aromatic rings. The first-order chi connectivity index (χ1) is 6.65. The fourth-order valence-corrected chi connectivity index (χ4v) is 2.25. The molecule has 2 N–H and O–H groups in total. The molecule has 0 saturated carbocycles. The number of piperidine rings is 1. The molecule has 0 aliphatic carbocycles. The third-order valence-electron chi connectivity index (χ3n) is 3.35. The van der Waals surface area contributed by atoms with Gasteiger partial charge in [0.15, 0.2) is 0 Å². The van der Waals surface area contributed by atoms with E-state index in [0.29, 0.717) is 12.6 Å². The van der Waals surface area contributed by atoms with Crippen molar-refractivity contribution in [2.24, 2.45) is 11.7 Å². The van der Waals surface area contributed by atoms with E-state index >= 15 is 0 Å². The Balaban J connectivity index is 2.35. The summed E-state index contributed by atoms with van der Waals surface area (Å²) in [6.45, 7) is 7.47. The van der Waals surface area contributed by atoms with E-state index in [4.69, 9.17) is 10.5 Å². The molecule has 1 fully saturated rings. The van der Waals surface area contributed by atoms with Gasteiger partial charge in [-0.1, -0.05) is 6.92 Å². The van der Waals surface area contributed by atoms with Crippen molar-refractivity contribution < 1.29 is 4.74 Å². The lowest BCUT2D eigenvalue weighted by Crippen LogP contribution is -2.49. The van der Waals surface area contributed by atoms with Gasteiger partial charge in [0.05, 0.1) is 6.61 Å². The van der Waals surface area contributed by atoms with Crippen LogP contribution in [0.15, 0.2) is 0 Å². The van der Waals surface area contributed by atoms with Crippen molar-refractivity contribution in [1.29, 1.82) is 0 Å². The molecule has 1 aliphatic rings. The monoisotopic (exact) mass is 200 g/mol. The molecular weight excluding hydrogens is 176 g/mol. The zero-order chi connectivity index (χ0) is 10.6. The topological polar surface area (TPSA) is 38.5 Å². The molecule has 14 heavy (non-hydrogen) atoms. The summed E-state index contributed by atoms with van der Waals surface area (Å²) in [5.74, 6) is 0.804. The van der Waals surface area contributed by atoms with Gasteiger partial charge in [0, 0.05) is 25.7 Å². The quantitative estimate of drug-likeness (QED) is 0.738. The Kier molecular flexibility index (Phi) is 4.85. The van der Waals surface area contributed by atoms with E-state index in [9.17, 15) is 0 Å². The normalized spacial score (nSPS) is 31.7. The maximum absolute atomic E-state index is 5.96. The minimum Gasteiger partial charge on any atom is -0.383 e. The van der Waals surface area contributed by atoms with E-state index in [1.165, 1.54) is 19.4 Å². The molecule has 84 valence electrons. The molecule has 3 unspecified atom stereocenters. The van der Waals surface area contributed by atoms with E-state index < -0.39 is 0 Å². The largest absolute Gasteiger partial charge is 0.383 e. The predicted molar refractivity (Wildman–Crippen MR) is 59.3 cm³/mol. The molecule has 0 amide bonds. The standard InChI is InChI=1S/C11H24N2O/c1-9-5-4-6-13(10(9)2)7-11(12)8-14-3/h9-11H,4-8,12H2,1-3H3. The smallest absolute Gasteiger partial charge is 0.0626 e. The summed E-state index contributed by atoms with van der Waals surface area (Å²) in [5.41, 5.74) is 5.96. The zero-order valence-electron chi connectivity index (χ0n) is 9.70. The molecule has 0 aromatic heterocycles. The van der Waals surface area contributed by atoms with Gasteiger partial charge in [-0.25, -0.2) is 0 Å². The number of methoxy groups -OCH3 is 1. The van der Waals surface area contributed by atoms with Gasteiger partial charge in [-0.3, -0.25) is 4.90 Å². The second kappa shape index (κ2) is 5.69. The Morgan fingerprint density at radius 3 is 2.86 bits per heavy atom. The van der Waals surface area contributed by atoms with Gasteiger partial charge in [0.1, 0.15) is 0 Å². The van der Waals surface area contributed by atoms with Gasteiger partial charge in [-0.2, -0.15) is 0 Å². The van der Waals surface area contributed by atoms with Crippen molar-refractivity contribution in [2.45, 2.75) is 38.8 Å². The van der Waals surface area contributed by atoms with Crippen LogP contribution < -0.4 is 5.73 Å². The van der Waals surface area contributed by atoms with E-state index in [-0.39, 0.29) is 6.04 Å². The Morgan fingerprint density at radius 2 is 2.21 bits per heavy atom. The molecule has 0 spiro atoms. The van der Waals surface area contributed by atoms with Crippen LogP contribution in [0.5, 0.6) is 0 Å². The van der Waals surface area contributed by atoms with E-state index in [0.717, 1.165) is 12.5 Å². The highest BCUT2D eigenvalue weighted by Crippen LogP contribution is 2.22. The van der Waals surface area contributed by atoms with Gasteiger partial charge in [-0.15, -0.1) is 0 Å². The van der Waals surface area contributed by atoms with Gasteiger partial charge < -0.3 is 10.5 Å². The van der Waals surface area contributed by atoms with Crippen LogP contribution in [0.1, 0.15) is 26.7 Å². The third kappa shape index (κ3) is 3.23. The molecule has 3 heteroatoms. The second-order valence-corrected chi connectivity index (χ2v) is 4.57. The lowest BCUT2D eigenvalue weighted by molar-refractivity contribution is 0.0876. The fourth-order valence-electron chi connectivity index (χ4n) is 2.25. The Bertz CT molecular complexity index is 163. The molecule has 1 rings (SSSR count). The lowest BCUT2D eigenvalue weighted by Gasteiger charge is -2.39. The van der Waals surface area contributed by atoms with Crippen molar-refractivity contribution in [1.82, 2.24) is 4.90 Å². The summed E-state index contributed by atoms with van der Waals surface area (Å²) < 4.78 is 5.06. The average Bonchev–Trinajstić information content (AvgIpc) is 2.13. The maximum atomic E-state index is 5.96. The molecule has 3 nitrogen and oxygen atoms in total. The highest BCUT2D eigenvalue weighted by Gasteiger charge is 2.25. The first kappa shape index (κ1) is 12.0. The van der Waals surface area contributed by atoms with Crippen molar-refractivity contribution in [3.8, 4) is 0 Å². The number of nitrogens with zero attached hydrogens (tertiary/aromatic N) is 1. The molecule has 1 aliphatic heterocycles. The summed E-state index contributed by atoms with van der Waals surface area (Å²) >= 11 is 0. The minimum absolute atomic E-state index is 0.160. The zero-order valence-corrected chi connectivity index (χ0v) is 9.70. The summed E-state index contributed by atoms with van der Waals surface area (Å²) in [5, 5.41) is 0. The van der Waals surface area contributed by atoms with Crippen LogP contribution in [-0.4, -0.2) is 43.8 Å². The molecule has 3 atom stereocenters. The van der Waals surface area contributed by atoms with Crippen molar-refractivity contribution in [3.63, 3.8) is 0 Å². The summed E-state index contributed by atoms with van der Waals surface area (Å²) in [7, 11) is 1.71. The summed E-state index contributed by atoms with van der Waals surface area (Å²) in [6.07, 6.45) is 2.67. The lowest BCUT2D eigenvalue weighted by atomic mass is 9.92. The fraction of sp³-hybridized carbons (Fsp3) is 1.00.